The molecular weight excluding hydrogens is 304 g/mol. The summed E-state index contributed by atoms with van der Waals surface area (Å²) in [5.74, 6) is 0. The first kappa shape index (κ1) is 17.6. The van der Waals surface area contributed by atoms with Crippen LogP contribution in [0.1, 0.15) is 62.7 Å². The zero-order valence-electron chi connectivity index (χ0n) is 15.3. The molecule has 1 saturated carbocycles. The fourth-order valence-electron chi connectivity index (χ4n) is 3.48. The largest absolute Gasteiger partial charge is 0.289 e. The van der Waals surface area contributed by atoms with Crippen LogP contribution in [0.5, 0.6) is 0 Å². The van der Waals surface area contributed by atoms with Crippen LogP contribution in [0.15, 0.2) is 70.6 Å². The van der Waals surface area contributed by atoms with Gasteiger partial charge in [-0.25, -0.2) is 0 Å². The first-order chi connectivity index (χ1) is 12.2. The molecule has 2 nitrogen and oxygen atoms in total. The minimum absolute atomic E-state index is 0.0338. The van der Waals surface area contributed by atoms with Crippen LogP contribution in [0.4, 0.5) is 0 Å². The lowest BCUT2D eigenvalue weighted by atomic mass is 9.89. The first-order valence-corrected chi connectivity index (χ1v) is 9.37. The third kappa shape index (κ3) is 4.66. The van der Waals surface area contributed by atoms with E-state index in [0.717, 1.165) is 12.8 Å². The van der Waals surface area contributed by atoms with Crippen molar-refractivity contribution < 1.29 is 0 Å². The van der Waals surface area contributed by atoms with E-state index in [0.29, 0.717) is 0 Å². The molecule has 1 fully saturated rings. The Morgan fingerprint density at radius 2 is 1.12 bits per heavy atom. The highest BCUT2D eigenvalue weighted by Gasteiger charge is 2.30. The van der Waals surface area contributed by atoms with Crippen molar-refractivity contribution in [1.82, 2.24) is 0 Å². The molecule has 2 heteroatoms. The summed E-state index contributed by atoms with van der Waals surface area (Å²) in [6.45, 7) is 4.33. The molecule has 1 aliphatic carbocycles. The monoisotopic (exact) mass is 332 g/mol. The number of aliphatic imine (C=N–C) groups is 2. The molecule has 0 unspecified atom stereocenters. The maximum atomic E-state index is 4.88. The maximum absolute atomic E-state index is 4.88. The quantitative estimate of drug-likeness (QED) is 0.562. The topological polar surface area (TPSA) is 24.7 Å². The fraction of sp³-hybridized carbons (Fsp3) is 0.391. The van der Waals surface area contributed by atoms with Crippen LogP contribution in [0.25, 0.3) is 0 Å². The highest BCUT2D eigenvalue weighted by atomic mass is 14.8. The Bertz CT molecular complexity index is 640. The van der Waals surface area contributed by atoms with Crippen LogP contribution in [0.2, 0.25) is 0 Å². The highest BCUT2D eigenvalue weighted by molar-refractivity contribution is 5.89. The van der Waals surface area contributed by atoms with Gasteiger partial charge < -0.3 is 0 Å². The van der Waals surface area contributed by atoms with E-state index in [1.165, 1.54) is 24.0 Å². The molecule has 0 spiro atoms. The molecule has 0 bridgehead atoms. The van der Waals surface area contributed by atoms with E-state index in [1.54, 1.807) is 0 Å². The lowest BCUT2D eigenvalue weighted by Gasteiger charge is -2.20. The van der Waals surface area contributed by atoms with Crippen molar-refractivity contribution in [3.63, 3.8) is 0 Å². The standard InChI is InChI=1S/C23H28N2/c1-19(21-11-5-3-6-12-21)24-17-23(15-9-10-16-23)18-25-20(2)22-13-7-4-8-14-22/h3-8,11-14,17-20H,9-10,15-16H2,1-2H3/t19-,20-/m0/s1. The summed E-state index contributed by atoms with van der Waals surface area (Å²) < 4.78 is 0. The Kier molecular flexibility index (Phi) is 5.80. The van der Waals surface area contributed by atoms with Gasteiger partial charge in [0.25, 0.3) is 0 Å². The first-order valence-electron chi connectivity index (χ1n) is 9.37. The molecule has 2 aromatic carbocycles. The van der Waals surface area contributed by atoms with E-state index in [9.17, 15) is 0 Å². The molecule has 1 aliphatic rings. The molecule has 130 valence electrons. The third-order valence-corrected chi connectivity index (χ3v) is 5.21. The average Bonchev–Trinajstić information content (AvgIpc) is 3.15. The molecule has 0 radical (unpaired) electrons. The Hall–Kier alpha value is -2.22. The van der Waals surface area contributed by atoms with Gasteiger partial charge in [0.05, 0.1) is 12.1 Å². The zero-order valence-corrected chi connectivity index (χ0v) is 15.3. The van der Waals surface area contributed by atoms with Crippen molar-refractivity contribution in [2.75, 3.05) is 0 Å². The van der Waals surface area contributed by atoms with Gasteiger partial charge in [0.15, 0.2) is 0 Å². The molecule has 0 saturated heterocycles. The summed E-state index contributed by atoms with van der Waals surface area (Å²) in [7, 11) is 0. The van der Waals surface area contributed by atoms with Crippen LogP contribution in [-0.4, -0.2) is 12.4 Å². The van der Waals surface area contributed by atoms with Crippen molar-refractivity contribution in [3.05, 3.63) is 71.8 Å². The second-order valence-electron chi connectivity index (χ2n) is 7.17. The van der Waals surface area contributed by atoms with Crippen molar-refractivity contribution >= 4 is 12.4 Å². The molecule has 0 aliphatic heterocycles. The molecule has 25 heavy (non-hydrogen) atoms. The van der Waals surface area contributed by atoms with Gasteiger partial charge in [0, 0.05) is 17.8 Å². The van der Waals surface area contributed by atoms with Crippen molar-refractivity contribution in [2.24, 2.45) is 15.4 Å². The summed E-state index contributed by atoms with van der Waals surface area (Å²) in [5.41, 5.74) is 2.56. The van der Waals surface area contributed by atoms with Crippen molar-refractivity contribution in [1.29, 1.82) is 0 Å². The molecule has 0 aromatic heterocycles. The van der Waals surface area contributed by atoms with Gasteiger partial charge in [-0.05, 0) is 37.8 Å². The molecular formula is C23H28N2. The Labute approximate surface area is 151 Å². The van der Waals surface area contributed by atoms with Gasteiger partial charge in [-0.2, -0.15) is 0 Å². The minimum atomic E-state index is 0.0338. The molecule has 0 N–H and O–H groups in total. The third-order valence-electron chi connectivity index (χ3n) is 5.21. The smallest absolute Gasteiger partial charge is 0.0717 e. The van der Waals surface area contributed by atoms with E-state index >= 15 is 0 Å². The maximum Gasteiger partial charge on any atom is 0.0717 e. The Morgan fingerprint density at radius 3 is 1.52 bits per heavy atom. The highest BCUT2D eigenvalue weighted by Crippen LogP contribution is 2.36. The summed E-state index contributed by atoms with van der Waals surface area (Å²) in [6, 6.07) is 21.4. The van der Waals surface area contributed by atoms with E-state index < -0.39 is 0 Å². The van der Waals surface area contributed by atoms with Crippen LogP contribution in [-0.2, 0) is 0 Å². The zero-order chi connectivity index (χ0) is 17.5. The average molecular weight is 332 g/mol. The second-order valence-corrected chi connectivity index (χ2v) is 7.17. The Balaban J connectivity index is 1.73. The second kappa shape index (κ2) is 8.24. The molecule has 3 rings (SSSR count). The van der Waals surface area contributed by atoms with Gasteiger partial charge >= 0.3 is 0 Å². The van der Waals surface area contributed by atoms with E-state index in [1.807, 2.05) is 0 Å². The normalized spacial score (nSPS) is 19.4. The molecule has 0 amide bonds. The molecule has 0 heterocycles. The van der Waals surface area contributed by atoms with Crippen molar-refractivity contribution in [3.8, 4) is 0 Å². The minimum Gasteiger partial charge on any atom is -0.289 e. The van der Waals surface area contributed by atoms with Gasteiger partial charge in [-0.15, -0.1) is 0 Å². The Morgan fingerprint density at radius 1 is 0.720 bits per heavy atom. The SMILES string of the molecule is C[C@H](N=CC1(C=N[C@@H](C)c2ccccc2)CCCC1)c1ccccc1. The van der Waals surface area contributed by atoms with Gasteiger partial charge in [-0.1, -0.05) is 73.5 Å². The number of hydrogen-bond acceptors (Lipinski definition) is 2. The van der Waals surface area contributed by atoms with Gasteiger partial charge in [-0.3, -0.25) is 9.98 Å². The van der Waals surface area contributed by atoms with Gasteiger partial charge in [0.1, 0.15) is 0 Å². The number of hydrogen-bond donors (Lipinski definition) is 0. The fourth-order valence-corrected chi connectivity index (χ4v) is 3.48. The van der Waals surface area contributed by atoms with Crippen LogP contribution in [0, 0.1) is 5.41 Å². The van der Waals surface area contributed by atoms with E-state index in [4.69, 9.17) is 9.98 Å². The molecule has 2 atom stereocenters. The van der Waals surface area contributed by atoms with E-state index in [2.05, 4.69) is 86.9 Å². The number of rotatable bonds is 6. The van der Waals surface area contributed by atoms with Crippen LogP contribution >= 0.6 is 0 Å². The van der Waals surface area contributed by atoms with Crippen LogP contribution in [0.3, 0.4) is 0 Å². The predicted octanol–water partition coefficient (Wildman–Crippen LogP) is 6.21. The van der Waals surface area contributed by atoms with E-state index in [-0.39, 0.29) is 17.5 Å². The number of nitrogens with zero attached hydrogens (tertiary/aromatic N) is 2. The molecule has 2 aromatic rings. The van der Waals surface area contributed by atoms with Crippen LogP contribution < -0.4 is 0 Å². The predicted molar refractivity (Wildman–Crippen MR) is 108 cm³/mol. The summed E-state index contributed by atoms with van der Waals surface area (Å²) in [5, 5.41) is 0. The lowest BCUT2D eigenvalue weighted by Crippen LogP contribution is -2.21. The van der Waals surface area contributed by atoms with Gasteiger partial charge in [0.2, 0.25) is 0 Å². The van der Waals surface area contributed by atoms with Crippen molar-refractivity contribution in [2.45, 2.75) is 51.6 Å². The summed E-state index contributed by atoms with van der Waals surface area (Å²) in [4.78, 5) is 9.77. The number of benzene rings is 2. The lowest BCUT2D eigenvalue weighted by molar-refractivity contribution is 0.613. The summed E-state index contributed by atoms with van der Waals surface area (Å²) >= 11 is 0. The summed E-state index contributed by atoms with van der Waals surface area (Å²) in [6.07, 6.45) is 9.19.